The minimum Gasteiger partial charge on any atom is -0.347 e. The molecule has 1 aromatic heterocycles. The number of carbonyl (C=O) groups is 1. The van der Waals surface area contributed by atoms with Gasteiger partial charge in [0.1, 0.15) is 0 Å². The average Bonchev–Trinajstić information content (AvgIpc) is 2.87. The summed E-state index contributed by atoms with van der Waals surface area (Å²) in [5, 5.41) is 0. The number of likely N-dealkylation sites (tertiary alicyclic amines) is 1. The predicted molar refractivity (Wildman–Crippen MR) is 123 cm³/mol. The fourth-order valence-corrected chi connectivity index (χ4v) is 3.40. The average molecular weight is 440 g/mol. The summed E-state index contributed by atoms with van der Waals surface area (Å²) >= 11 is 0. The van der Waals surface area contributed by atoms with Crippen LogP contribution in [0.4, 0.5) is 5.95 Å². The molecule has 1 aromatic carbocycles. The first-order valence-electron chi connectivity index (χ1n) is 9.54. The fraction of sp³-hybridized carbons (Fsp3) is 0.476. The van der Waals surface area contributed by atoms with Gasteiger partial charge in [-0.25, -0.2) is 9.97 Å². The topological polar surface area (TPSA) is 75.4 Å². The van der Waals surface area contributed by atoms with Crippen molar-refractivity contribution in [2.45, 2.75) is 39.2 Å². The molecule has 3 rings (SSSR count). The maximum absolute atomic E-state index is 13.0. The van der Waals surface area contributed by atoms with Crippen LogP contribution in [-0.4, -0.2) is 54.0 Å². The van der Waals surface area contributed by atoms with Gasteiger partial charge in [-0.2, -0.15) is 0 Å². The number of nitrogens with zero attached hydrogens (tertiary/aromatic N) is 4. The number of amides is 1. The van der Waals surface area contributed by atoms with E-state index in [1.807, 2.05) is 62.0 Å². The Morgan fingerprint density at radius 1 is 1.14 bits per heavy atom. The maximum Gasteiger partial charge on any atom is 0.253 e. The van der Waals surface area contributed by atoms with Crippen LogP contribution in [0.1, 0.15) is 40.9 Å². The lowest BCUT2D eigenvalue weighted by Crippen LogP contribution is -2.32. The molecular formula is C21H31Cl2N5O. The molecule has 6 nitrogen and oxygen atoms in total. The molecule has 2 heterocycles. The molecule has 1 unspecified atom stereocenters. The predicted octanol–water partition coefficient (Wildman–Crippen LogP) is 3.62. The van der Waals surface area contributed by atoms with Crippen LogP contribution in [0.3, 0.4) is 0 Å². The molecule has 1 fully saturated rings. The molecule has 0 saturated carbocycles. The Balaban J connectivity index is 0.00000210. The van der Waals surface area contributed by atoms with E-state index < -0.39 is 0 Å². The first-order valence-corrected chi connectivity index (χ1v) is 9.54. The number of aryl methyl sites for hydroxylation is 1. The summed E-state index contributed by atoms with van der Waals surface area (Å²) in [5.41, 5.74) is 10.5. The molecule has 8 heteroatoms. The molecule has 0 bridgehead atoms. The number of hydrogen-bond donors (Lipinski definition) is 1. The largest absolute Gasteiger partial charge is 0.347 e. The van der Waals surface area contributed by atoms with E-state index in [-0.39, 0.29) is 36.8 Å². The fourth-order valence-electron chi connectivity index (χ4n) is 3.40. The van der Waals surface area contributed by atoms with E-state index in [0.717, 1.165) is 54.9 Å². The normalized spacial score (nSPS) is 16.3. The minimum atomic E-state index is 0. The lowest BCUT2D eigenvalue weighted by molar-refractivity contribution is 0.0761. The maximum atomic E-state index is 13.0. The van der Waals surface area contributed by atoms with E-state index in [1.165, 1.54) is 0 Å². The number of hydrogen-bond acceptors (Lipinski definition) is 5. The number of nitrogens with two attached hydrogens (primary N) is 1. The van der Waals surface area contributed by atoms with Gasteiger partial charge < -0.3 is 15.5 Å². The van der Waals surface area contributed by atoms with Crippen molar-refractivity contribution in [1.82, 2.24) is 14.9 Å². The van der Waals surface area contributed by atoms with Crippen LogP contribution in [0.2, 0.25) is 0 Å². The van der Waals surface area contributed by atoms with Crippen molar-refractivity contribution in [3.63, 3.8) is 0 Å². The van der Waals surface area contributed by atoms with Crippen LogP contribution < -0.4 is 10.6 Å². The van der Waals surface area contributed by atoms with Gasteiger partial charge in [0.05, 0.1) is 5.69 Å². The van der Waals surface area contributed by atoms with Crippen LogP contribution in [0, 0.1) is 13.8 Å². The van der Waals surface area contributed by atoms with Crippen LogP contribution in [0.25, 0.3) is 11.3 Å². The summed E-state index contributed by atoms with van der Waals surface area (Å²) in [5.74, 6) is 0.744. The van der Waals surface area contributed by atoms with Crippen LogP contribution >= 0.6 is 24.8 Å². The summed E-state index contributed by atoms with van der Waals surface area (Å²) in [7, 11) is 3.86. The second-order valence-corrected chi connectivity index (χ2v) is 7.54. The van der Waals surface area contributed by atoms with Gasteiger partial charge in [0.15, 0.2) is 0 Å². The van der Waals surface area contributed by atoms with Crippen LogP contribution in [-0.2, 0) is 0 Å². The highest BCUT2D eigenvalue weighted by molar-refractivity contribution is 5.95. The van der Waals surface area contributed by atoms with Crippen LogP contribution in [0.5, 0.6) is 0 Å². The van der Waals surface area contributed by atoms with Gasteiger partial charge in [-0.15, -0.1) is 24.8 Å². The molecular weight excluding hydrogens is 409 g/mol. The Hall–Kier alpha value is -1.89. The van der Waals surface area contributed by atoms with E-state index >= 15 is 0 Å². The van der Waals surface area contributed by atoms with Gasteiger partial charge in [-0.1, -0.05) is 12.1 Å². The molecule has 1 atom stereocenters. The molecule has 1 aliphatic heterocycles. The van der Waals surface area contributed by atoms with E-state index in [4.69, 9.17) is 10.7 Å². The van der Waals surface area contributed by atoms with Crippen LogP contribution in [0.15, 0.2) is 24.3 Å². The van der Waals surface area contributed by atoms with Crippen molar-refractivity contribution >= 4 is 36.7 Å². The Labute approximate surface area is 185 Å². The van der Waals surface area contributed by atoms with Gasteiger partial charge in [0.2, 0.25) is 5.95 Å². The third-order valence-corrected chi connectivity index (χ3v) is 5.22. The third-order valence-electron chi connectivity index (χ3n) is 5.22. The van der Waals surface area contributed by atoms with E-state index in [2.05, 4.69) is 4.98 Å². The highest BCUT2D eigenvalue weighted by Gasteiger charge is 2.21. The van der Waals surface area contributed by atoms with Crippen molar-refractivity contribution in [2.75, 3.05) is 32.1 Å². The number of aromatic nitrogens is 2. The third kappa shape index (κ3) is 5.81. The van der Waals surface area contributed by atoms with Gasteiger partial charge in [-0.05, 0) is 50.8 Å². The zero-order chi connectivity index (χ0) is 19.6. The standard InChI is InChI=1S/C21H29N5O.2ClH/c1-14-15(2)23-21(25(3)4)24-19(14)16-7-5-8-17(13-16)20(27)26-11-6-9-18(22)10-12-26;;/h5,7-8,13,18H,6,9-12,22H2,1-4H3;2*1H. The molecule has 0 spiro atoms. The molecule has 1 amide bonds. The quantitative estimate of drug-likeness (QED) is 0.789. The van der Waals surface area contributed by atoms with Gasteiger partial charge in [-0.3, -0.25) is 4.79 Å². The first-order chi connectivity index (χ1) is 12.9. The Kier molecular flexibility index (Phi) is 9.33. The molecule has 0 radical (unpaired) electrons. The number of benzene rings is 1. The molecule has 160 valence electrons. The van der Waals surface area contributed by atoms with Crippen molar-refractivity contribution < 1.29 is 4.79 Å². The molecule has 1 aliphatic rings. The molecule has 2 aromatic rings. The summed E-state index contributed by atoms with van der Waals surface area (Å²) in [6, 6.07) is 7.96. The van der Waals surface area contributed by atoms with Gasteiger partial charge in [0, 0.05) is 50.0 Å². The zero-order valence-corrected chi connectivity index (χ0v) is 19.1. The first kappa shape index (κ1) is 25.1. The summed E-state index contributed by atoms with van der Waals surface area (Å²) in [6.45, 7) is 5.51. The Bertz CT molecular complexity index is 844. The summed E-state index contributed by atoms with van der Waals surface area (Å²) < 4.78 is 0. The van der Waals surface area contributed by atoms with E-state index in [9.17, 15) is 4.79 Å². The monoisotopic (exact) mass is 439 g/mol. The number of halogens is 2. The Morgan fingerprint density at radius 3 is 2.55 bits per heavy atom. The van der Waals surface area contributed by atoms with Gasteiger partial charge in [0.25, 0.3) is 5.91 Å². The second-order valence-electron chi connectivity index (χ2n) is 7.54. The highest BCUT2D eigenvalue weighted by atomic mass is 35.5. The zero-order valence-electron chi connectivity index (χ0n) is 17.5. The van der Waals surface area contributed by atoms with Crippen molar-refractivity contribution in [3.8, 4) is 11.3 Å². The van der Waals surface area contributed by atoms with Crippen molar-refractivity contribution in [2.24, 2.45) is 5.73 Å². The smallest absolute Gasteiger partial charge is 0.253 e. The molecule has 2 N–H and O–H groups in total. The van der Waals surface area contributed by atoms with Crippen molar-refractivity contribution in [3.05, 3.63) is 41.1 Å². The lowest BCUT2D eigenvalue weighted by Gasteiger charge is -2.21. The summed E-state index contributed by atoms with van der Waals surface area (Å²) in [6.07, 6.45) is 2.81. The lowest BCUT2D eigenvalue weighted by atomic mass is 10.0. The number of anilines is 1. The minimum absolute atomic E-state index is 0. The van der Waals surface area contributed by atoms with Gasteiger partial charge >= 0.3 is 0 Å². The molecule has 0 aliphatic carbocycles. The van der Waals surface area contributed by atoms with E-state index in [0.29, 0.717) is 11.5 Å². The molecule has 29 heavy (non-hydrogen) atoms. The summed E-state index contributed by atoms with van der Waals surface area (Å²) in [4.78, 5) is 26.1. The Morgan fingerprint density at radius 2 is 1.86 bits per heavy atom. The van der Waals surface area contributed by atoms with Crippen molar-refractivity contribution in [1.29, 1.82) is 0 Å². The molecule has 1 saturated heterocycles. The SMILES string of the molecule is Cc1nc(N(C)C)nc(-c2cccc(C(=O)N3CCCC(N)CC3)c2)c1C.Cl.Cl. The highest BCUT2D eigenvalue weighted by Crippen LogP contribution is 2.26. The number of carbonyl (C=O) groups excluding carboxylic acids is 1. The van der Waals surface area contributed by atoms with E-state index in [1.54, 1.807) is 0 Å². The second kappa shape index (κ2) is 10.8. The number of rotatable bonds is 3.